The van der Waals surface area contributed by atoms with E-state index in [-0.39, 0.29) is 12.5 Å². The van der Waals surface area contributed by atoms with Crippen molar-refractivity contribution in [1.82, 2.24) is 9.88 Å². The van der Waals surface area contributed by atoms with E-state index in [1.54, 1.807) is 0 Å². The van der Waals surface area contributed by atoms with Crippen LogP contribution in [0.5, 0.6) is 0 Å². The fourth-order valence-electron chi connectivity index (χ4n) is 2.48. The predicted molar refractivity (Wildman–Crippen MR) is 83.1 cm³/mol. The molecule has 1 aromatic carbocycles. The summed E-state index contributed by atoms with van der Waals surface area (Å²) < 4.78 is 1.93. The summed E-state index contributed by atoms with van der Waals surface area (Å²) in [5.74, 6) is -3.13. The Kier molecular flexibility index (Phi) is 5.00. The second-order valence-electron chi connectivity index (χ2n) is 5.39. The second kappa shape index (κ2) is 6.95. The lowest BCUT2D eigenvalue weighted by molar-refractivity contribution is -0.147. The van der Waals surface area contributed by atoms with Gasteiger partial charge in [-0.05, 0) is 24.4 Å². The number of aromatic nitrogens is 1. The van der Waals surface area contributed by atoms with Crippen LogP contribution >= 0.6 is 0 Å². The van der Waals surface area contributed by atoms with Crippen LogP contribution in [0.15, 0.2) is 36.5 Å². The van der Waals surface area contributed by atoms with Gasteiger partial charge in [-0.25, -0.2) is 4.79 Å². The largest absolute Gasteiger partial charge is 0.481 e. The van der Waals surface area contributed by atoms with E-state index in [9.17, 15) is 14.4 Å². The zero-order chi connectivity index (χ0) is 17.0. The average molecular weight is 318 g/mol. The monoisotopic (exact) mass is 318 g/mol. The summed E-state index contributed by atoms with van der Waals surface area (Å²) in [5.41, 5.74) is 0.980. The van der Waals surface area contributed by atoms with Gasteiger partial charge in [0.2, 0.25) is 5.91 Å². The zero-order valence-electron chi connectivity index (χ0n) is 12.6. The number of hydrogen-bond donors (Lipinski definition) is 3. The molecule has 1 heterocycles. The lowest BCUT2D eigenvalue weighted by atomic mass is 10.1. The number of para-hydroxylation sites is 1. The Labute approximate surface area is 132 Å². The molecule has 0 saturated heterocycles. The molecule has 7 heteroatoms. The van der Waals surface area contributed by atoms with E-state index in [1.807, 2.05) is 48.0 Å². The fourth-order valence-corrected chi connectivity index (χ4v) is 2.48. The Morgan fingerprint density at radius 1 is 1.13 bits per heavy atom. The minimum Gasteiger partial charge on any atom is -0.481 e. The topological polar surface area (TPSA) is 109 Å². The van der Waals surface area contributed by atoms with Gasteiger partial charge in [0, 0.05) is 24.2 Å². The van der Waals surface area contributed by atoms with Crippen molar-refractivity contribution in [3.63, 3.8) is 0 Å². The molecule has 0 fully saturated rings. The van der Waals surface area contributed by atoms with E-state index < -0.39 is 30.3 Å². The molecule has 2 unspecified atom stereocenters. The van der Waals surface area contributed by atoms with Crippen LogP contribution in [0.4, 0.5) is 0 Å². The minimum atomic E-state index is -1.42. The molecule has 122 valence electrons. The molecule has 0 saturated carbocycles. The Morgan fingerprint density at radius 2 is 1.83 bits per heavy atom. The molecule has 2 rings (SSSR count). The van der Waals surface area contributed by atoms with Gasteiger partial charge in [-0.2, -0.15) is 0 Å². The van der Waals surface area contributed by atoms with Crippen LogP contribution in [0.2, 0.25) is 0 Å². The SMILES string of the molecule is CC(CC(=O)NC(CC(=O)O)C(=O)O)n1ccc2ccccc21. The van der Waals surface area contributed by atoms with Gasteiger partial charge in [0.15, 0.2) is 0 Å². The normalized spacial score (nSPS) is 13.4. The van der Waals surface area contributed by atoms with E-state index in [0.717, 1.165) is 10.9 Å². The number of amides is 1. The molecule has 1 aromatic heterocycles. The van der Waals surface area contributed by atoms with Crippen LogP contribution in [-0.2, 0) is 14.4 Å². The van der Waals surface area contributed by atoms with E-state index in [2.05, 4.69) is 5.32 Å². The van der Waals surface area contributed by atoms with Crippen molar-refractivity contribution >= 4 is 28.7 Å². The lowest BCUT2D eigenvalue weighted by Gasteiger charge is -2.17. The van der Waals surface area contributed by atoms with Crippen LogP contribution in [0.1, 0.15) is 25.8 Å². The van der Waals surface area contributed by atoms with Crippen LogP contribution in [0.25, 0.3) is 10.9 Å². The van der Waals surface area contributed by atoms with Gasteiger partial charge in [-0.3, -0.25) is 9.59 Å². The molecule has 7 nitrogen and oxygen atoms in total. The van der Waals surface area contributed by atoms with Gasteiger partial charge in [-0.1, -0.05) is 18.2 Å². The molecule has 2 atom stereocenters. The first kappa shape index (κ1) is 16.5. The quantitative estimate of drug-likeness (QED) is 0.719. The van der Waals surface area contributed by atoms with Gasteiger partial charge in [0.05, 0.1) is 6.42 Å². The van der Waals surface area contributed by atoms with Crippen molar-refractivity contribution in [3.05, 3.63) is 36.5 Å². The lowest BCUT2D eigenvalue weighted by Crippen LogP contribution is -2.42. The molecule has 0 aliphatic heterocycles. The third-order valence-electron chi connectivity index (χ3n) is 3.60. The average Bonchev–Trinajstić information content (AvgIpc) is 2.89. The van der Waals surface area contributed by atoms with Crippen LogP contribution in [0.3, 0.4) is 0 Å². The molecule has 1 amide bonds. The predicted octanol–water partition coefficient (Wildman–Crippen LogP) is 1.64. The number of rotatable bonds is 7. The maximum atomic E-state index is 12.0. The summed E-state index contributed by atoms with van der Waals surface area (Å²) >= 11 is 0. The highest BCUT2D eigenvalue weighted by molar-refractivity contribution is 5.87. The molecule has 0 radical (unpaired) electrons. The number of carbonyl (C=O) groups is 3. The van der Waals surface area contributed by atoms with Crippen LogP contribution in [0, 0.1) is 0 Å². The molecule has 0 aliphatic rings. The van der Waals surface area contributed by atoms with Crippen molar-refractivity contribution < 1.29 is 24.6 Å². The number of carbonyl (C=O) groups excluding carboxylic acids is 1. The van der Waals surface area contributed by atoms with E-state index in [4.69, 9.17) is 10.2 Å². The van der Waals surface area contributed by atoms with E-state index in [0.29, 0.717) is 0 Å². The van der Waals surface area contributed by atoms with Crippen molar-refractivity contribution in [2.75, 3.05) is 0 Å². The number of carboxylic acids is 2. The highest BCUT2D eigenvalue weighted by Gasteiger charge is 2.24. The van der Waals surface area contributed by atoms with Crippen molar-refractivity contribution in [2.45, 2.75) is 31.8 Å². The van der Waals surface area contributed by atoms with Crippen molar-refractivity contribution in [1.29, 1.82) is 0 Å². The molecule has 3 N–H and O–H groups in total. The van der Waals surface area contributed by atoms with E-state index in [1.165, 1.54) is 0 Å². The standard InChI is InChI=1S/C16H18N2O5/c1-10(18-7-6-11-4-2-3-5-13(11)18)8-14(19)17-12(16(22)23)9-15(20)21/h2-7,10,12H,8-9H2,1H3,(H,17,19)(H,20,21)(H,22,23). The Bertz CT molecular complexity index is 737. The van der Waals surface area contributed by atoms with Gasteiger partial charge in [0.1, 0.15) is 6.04 Å². The molecular formula is C16H18N2O5. The fraction of sp³-hybridized carbons (Fsp3) is 0.312. The number of nitrogens with one attached hydrogen (secondary N) is 1. The first-order chi connectivity index (χ1) is 10.9. The Balaban J connectivity index is 2.04. The summed E-state index contributed by atoms with van der Waals surface area (Å²) in [5, 5.41) is 20.9. The third kappa shape index (κ3) is 4.09. The molecule has 0 aliphatic carbocycles. The van der Waals surface area contributed by atoms with E-state index >= 15 is 0 Å². The molecule has 0 spiro atoms. The number of nitrogens with zero attached hydrogens (tertiary/aromatic N) is 1. The maximum absolute atomic E-state index is 12.0. The molecule has 2 aromatic rings. The third-order valence-corrected chi connectivity index (χ3v) is 3.60. The maximum Gasteiger partial charge on any atom is 0.326 e. The van der Waals surface area contributed by atoms with Crippen molar-refractivity contribution in [2.24, 2.45) is 0 Å². The van der Waals surface area contributed by atoms with Crippen LogP contribution in [-0.4, -0.2) is 38.7 Å². The van der Waals surface area contributed by atoms with Gasteiger partial charge >= 0.3 is 11.9 Å². The summed E-state index contributed by atoms with van der Waals surface area (Å²) in [4.78, 5) is 33.6. The van der Waals surface area contributed by atoms with Crippen molar-refractivity contribution in [3.8, 4) is 0 Å². The number of hydrogen-bond acceptors (Lipinski definition) is 3. The highest BCUT2D eigenvalue weighted by Crippen LogP contribution is 2.21. The summed E-state index contributed by atoms with van der Waals surface area (Å²) in [6.45, 7) is 1.85. The molecule has 0 bridgehead atoms. The first-order valence-electron chi connectivity index (χ1n) is 7.18. The van der Waals surface area contributed by atoms with Gasteiger partial charge in [0.25, 0.3) is 0 Å². The molecular weight excluding hydrogens is 300 g/mol. The highest BCUT2D eigenvalue weighted by atomic mass is 16.4. The second-order valence-corrected chi connectivity index (χ2v) is 5.39. The molecule has 23 heavy (non-hydrogen) atoms. The minimum absolute atomic E-state index is 0.0576. The number of aliphatic carboxylic acids is 2. The number of carboxylic acid groups (broad SMARTS) is 2. The van der Waals surface area contributed by atoms with Crippen LogP contribution < -0.4 is 5.32 Å². The first-order valence-corrected chi connectivity index (χ1v) is 7.18. The zero-order valence-corrected chi connectivity index (χ0v) is 12.6. The number of benzene rings is 1. The number of fused-ring (bicyclic) bond motifs is 1. The summed E-state index contributed by atoms with van der Waals surface area (Å²) in [6.07, 6.45) is 1.28. The Hall–Kier alpha value is -2.83. The summed E-state index contributed by atoms with van der Waals surface area (Å²) in [7, 11) is 0. The van der Waals surface area contributed by atoms with Gasteiger partial charge < -0.3 is 20.1 Å². The smallest absolute Gasteiger partial charge is 0.326 e. The summed E-state index contributed by atoms with van der Waals surface area (Å²) in [6, 6.07) is 8.06. The Morgan fingerprint density at radius 3 is 2.48 bits per heavy atom. The van der Waals surface area contributed by atoms with Gasteiger partial charge in [-0.15, -0.1) is 0 Å².